The number of esters is 1. The molecular formula is C19H24N4O5. The predicted octanol–water partition coefficient (Wildman–Crippen LogP) is 1.10. The molecule has 1 heterocycles. The predicted molar refractivity (Wildman–Crippen MR) is 102 cm³/mol. The summed E-state index contributed by atoms with van der Waals surface area (Å²) in [4.78, 5) is 35.8. The SMILES string of the molecule is Cc1nn(C)c(C)c1NC(=O)C(C)OC(=O)CNC(=O)COc1ccccc1. The molecule has 28 heavy (non-hydrogen) atoms. The highest BCUT2D eigenvalue weighted by molar-refractivity contribution is 5.96. The maximum Gasteiger partial charge on any atom is 0.326 e. The summed E-state index contributed by atoms with van der Waals surface area (Å²) in [5.74, 6) is -1.13. The van der Waals surface area contributed by atoms with Crippen molar-refractivity contribution in [2.45, 2.75) is 26.9 Å². The van der Waals surface area contributed by atoms with E-state index in [2.05, 4.69) is 15.7 Å². The van der Waals surface area contributed by atoms with Gasteiger partial charge in [-0.1, -0.05) is 18.2 Å². The van der Waals surface area contributed by atoms with E-state index >= 15 is 0 Å². The highest BCUT2D eigenvalue weighted by Crippen LogP contribution is 2.18. The van der Waals surface area contributed by atoms with Crippen molar-refractivity contribution in [2.24, 2.45) is 7.05 Å². The maximum atomic E-state index is 12.2. The first-order valence-corrected chi connectivity index (χ1v) is 8.73. The fourth-order valence-electron chi connectivity index (χ4n) is 2.36. The highest BCUT2D eigenvalue weighted by Gasteiger charge is 2.21. The van der Waals surface area contributed by atoms with Crippen molar-refractivity contribution in [1.29, 1.82) is 0 Å². The topological polar surface area (TPSA) is 112 Å². The van der Waals surface area contributed by atoms with Crippen LogP contribution in [0.2, 0.25) is 0 Å². The molecule has 0 bridgehead atoms. The normalized spacial score (nSPS) is 11.4. The third-order valence-electron chi connectivity index (χ3n) is 3.98. The van der Waals surface area contributed by atoms with Gasteiger partial charge in [0.1, 0.15) is 12.3 Å². The number of rotatable bonds is 8. The van der Waals surface area contributed by atoms with Crippen LogP contribution in [0.25, 0.3) is 0 Å². The Kier molecular flexibility index (Phi) is 7.14. The minimum absolute atomic E-state index is 0.229. The van der Waals surface area contributed by atoms with E-state index in [0.717, 1.165) is 5.69 Å². The van der Waals surface area contributed by atoms with Crippen molar-refractivity contribution >= 4 is 23.5 Å². The minimum Gasteiger partial charge on any atom is -0.484 e. The first kappa shape index (κ1) is 20.9. The second-order valence-electron chi connectivity index (χ2n) is 6.17. The van der Waals surface area contributed by atoms with Gasteiger partial charge >= 0.3 is 5.97 Å². The van der Waals surface area contributed by atoms with E-state index in [1.54, 1.807) is 42.9 Å². The molecule has 0 aliphatic carbocycles. The Labute approximate surface area is 163 Å². The minimum atomic E-state index is -1.02. The van der Waals surface area contributed by atoms with Crippen LogP contribution in [-0.4, -0.2) is 46.8 Å². The fraction of sp³-hybridized carbons (Fsp3) is 0.368. The van der Waals surface area contributed by atoms with Crippen molar-refractivity contribution in [1.82, 2.24) is 15.1 Å². The van der Waals surface area contributed by atoms with E-state index in [1.807, 2.05) is 13.0 Å². The van der Waals surface area contributed by atoms with Crippen molar-refractivity contribution < 1.29 is 23.9 Å². The fourth-order valence-corrected chi connectivity index (χ4v) is 2.36. The molecule has 0 saturated heterocycles. The summed E-state index contributed by atoms with van der Waals surface area (Å²) >= 11 is 0. The lowest BCUT2D eigenvalue weighted by Gasteiger charge is -2.14. The molecule has 2 N–H and O–H groups in total. The first-order chi connectivity index (χ1) is 13.3. The molecule has 1 aromatic carbocycles. The van der Waals surface area contributed by atoms with Gasteiger partial charge in [0.25, 0.3) is 11.8 Å². The Bertz CT molecular complexity index is 848. The number of carbonyl (C=O) groups is 3. The van der Waals surface area contributed by atoms with Crippen LogP contribution < -0.4 is 15.4 Å². The van der Waals surface area contributed by atoms with E-state index in [4.69, 9.17) is 9.47 Å². The summed E-state index contributed by atoms with van der Waals surface area (Å²) in [7, 11) is 1.77. The molecule has 0 radical (unpaired) electrons. The third kappa shape index (κ3) is 5.83. The van der Waals surface area contributed by atoms with Crippen molar-refractivity contribution in [2.75, 3.05) is 18.5 Å². The van der Waals surface area contributed by atoms with Crippen molar-refractivity contribution in [3.8, 4) is 5.75 Å². The number of amides is 2. The van der Waals surface area contributed by atoms with Crippen LogP contribution >= 0.6 is 0 Å². The van der Waals surface area contributed by atoms with Gasteiger partial charge in [0, 0.05) is 7.05 Å². The molecule has 1 atom stereocenters. The number of hydrogen-bond donors (Lipinski definition) is 2. The number of carbonyl (C=O) groups excluding carboxylic acids is 3. The Hall–Kier alpha value is -3.36. The molecule has 9 heteroatoms. The molecule has 2 aromatic rings. The number of anilines is 1. The van der Waals surface area contributed by atoms with Crippen LogP contribution in [0.5, 0.6) is 5.75 Å². The Morgan fingerprint density at radius 3 is 2.46 bits per heavy atom. The molecule has 0 aliphatic rings. The van der Waals surface area contributed by atoms with Gasteiger partial charge in [-0.05, 0) is 32.9 Å². The average Bonchev–Trinajstić information content (AvgIpc) is 2.91. The lowest BCUT2D eigenvalue weighted by Crippen LogP contribution is -2.37. The Balaban J connectivity index is 1.74. The van der Waals surface area contributed by atoms with Crippen LogP contribution in [0.4, 0.5) is 5.69 Å². The number of ether oxygens (including phenoxy) is 2. The zero-order valence-corrected chi connectivity index (χ0v) is 16.3. The number of aromatic nitrogens is 2. The van der Waals surface area contributed by atoms with Crippen LogP contribution in [0.15, 0.2) is 30.3 Å². The zero-order chi connectivity index (χ0) is 20.7. The quantitative estimate of drug-likeness (QED) is 0.655. The van der Waals surface area contributed by atoms with Gasteiger partial charge < -0.3 is 20.1 Å². The van der Waals surface area contributed by atoms with Gasteiger partial charge in [-0.15, -0.1) is 0 Å². The first-order valence-electron chi connectivity index (χ1n) is 8.73. The maximum absolute atomic E-state index is 12.2. The summed E-state index contributed by atoms with van der Waals surface area (Å²) in [6.45, 7) is 4.45. The molecule has 0 spiro atoms. The Morgan fingerprint density at radius 1 is 1.18 bits per heavy atom. The molecule has 0 saturated carbocycles. The molecule has 2 rings (SSSR count). The molecule has 2 amide bonds. The van der Waals surface area contributed by atoms with Gasteiger partial charge in [0.15, 0.2) is 12.7 Å². The Morgan fingerprint density at radius 2 is 1.86 bits per heavy atom. The van der Waals surface area contributed by atoms with E-state index in [1.165, 1.54) is 6.92 Å². The van der Waals surface area contributed by atoms with E-state index < -0.39 is 23.9 Å². The lowest BCUT2D eigenvalue weighted by molar-refractivity contribution is -0.152. The van der Waals surface area contributed by atoms with Crippen molar-refractivity contribution in [3.63, 3.8) is 0 Å². The van der Waals surface area contributed by atoms with E-state index in [0.29, 0.717) is 17.1 Å². The lowest BCUT2D eigenvalue weighted by atomic mass is 10.3. The molecule has 1 unspecified atom stereocenters. The number of para-hydroxylation sites is 1. The van der Waals surface area contributed by atoms with Gasteiger partial charge in [0.05, 0.1) is 17.1 Å². The van der Waals surface area contributed by atoms with Crippen LogP contribution in [-0.2, 0) is 26.2 Å². The molecule has 0 fully saturated rings. The smallest absolute Gasteiger partial charge is 0.326 e. The second-order valence-corrected chi connectivity index (χ2v) is 6.17. The summed E-state index contributed by atoms with van der Waals surface area (Å²) < 4.78 is 12.0. The monoisotopic (exact) mass is 388 g/mol. The van der Waals surface area contributed by atoms with Crippen LogP contribution in [0.1, 0.15) is 18.3 Å². The molecule has 0 aliphatic heterocycles. The molecule has 1 aromatic heterocycles. The summed E-state index contributed by atoms with van der Waals surface area (Å²) in [5.41, 5.74) is 2.04. The number of benzene rings is 1. The van der Waals surface area contributed by atoms with Gasteiger partial charge in [0.2, 0.25) is 0 Å². The molecular weight excluding hydrogens is 364 g/mol. The third-order valence-corrected chi connectivity index (χ3v) is 3.98. The number of nitrogens with zero attached hydrogens (tertiary/aromatic N) is 2. The summed E-state index contributed by atoms with van der Waals surface area (Å²) in [6, 6.07) is 8.83. The standard InChI is InChI=1S/C19H24N4O5/c1-12-18(13(2)23(4)22-12)21-19(26)14(3)28-17(25)10-20-16(24)11-27-15-8-6-5-7-9-15/h5-9,14H,10-11H2,1-4H3,(H,20,24)(H,21,26). The van der Waals surface area contributed by atoms with Gasteiger partial charge in [-0.2, -0.15) is 5.10 Å². The van der Waals surface area contributed by atoms with Crippen LogP contribution in [0, 0.1) is 13.8 Å². The van der Waals surface area contributed by atoms with Crippen LogP contribution in [0.3, 0.4) is 0 Å². The highest BCUT2D eigenvalue weighted by atomic mass is 16.5. The number of aryl methyl sites for hydroxylation is 2. The van der Waals surface area contributed by atoms with E-state index in [-0.39, 0.29) is 13.2 Å². The number of nitrogens with one attached hydrogen (secondary N) is 2. The molecule has 150 valence electrons. The summed E-state index contributed by atoms with van der Waals surface area (Å²) in [5, 5.41) is 9.29. The zero-order valence-electron chi connectivity index (χ0n) is 16.3. The van der Waals surface area contributed by atoms with E-state index in [9.17, 15) is 14.4 Å². The molecule has 9 nitrogen and oxygen atoms in total. The number of hydrogen-bond acceptors (Lipinski definition) is 6. The van der Waals surface area contributed by atoms with Gasteiger partial charge in [-0.25, -0.2) is 0 Å². The second kappa shape index (κ2) is 9.54. The van der Waals surface area contributed by atoms with Gasteiger partial charge in [-0.3, -0.25) is 19.1 Å². The van der Waals surface area contributed by atoms with Crippen molar-refractivity contribution in [3.05, 3.63) is 41.7 Å². The summed E-state index contributed by atoms with van der Waals surface area (Å²) in [6.07, 6.45) is -1.02. The largest absolute Gasteiger partial charge is 0.484 e. The average molecular weight is 388 g/mol.